The third-order valence-corrected chi connectivity index (χ3v) is 2.41. The smallest absolute Gasteiger partial charge is 0.115 e. The van der Waals surface area contributed by atoms with E-state index in [1.807, 2.05) is 0 Å². The van der Waals surface area contributed by atoms with Gasteiger partial charge < -0.3 is 22.3 Å². The molecule has 2 rings (SSSR count). The Labute approximate surface area is 90.1 Å². The van der Waals surface area contributed by atoms with Crippen molar-refractivity contribution < 1.29 is 5.11 Å². The van der Waals surface area contributed by atoms with Crippen molar-refractivity contribution in [2.24, 2.45) is 11.5 Å². The fourth-order valence-electron chi connectivity index (χ4n) is 1.53. The second kappa shape index (κ2) is 5.58. The van der Waals surface area contributed by atoms with Gasteiger partial charge in [0.15, 0.2) is 0 Å². The number of phenols is 1. The predicted octanol–water partition coefficient (Wildman–Crippen LogP) is 0.799. The van der Waals surface area contributed by atoms with Gasteiger partial charge in [-0.15, -0.1) is 0 Å². The minimum atomic E-state index is 0.249. The quantitative estimate of drug-likeness (QED) is 0.375. The van der Waals surface area contributed by atoms with Gasteiger partial charge in [-0.2, -0.15) is 0 Å². The Morgan fingerprint density at radius 1 is 1.00 bits per heavy atom. The molecular weight excluding hydrogens is 190 g/mol. The van der Waals surface area contributed by atoms with E-state index in [0.717, 1.165) is 19.3 Å². The summed E-state index contributed by atoms with van der Waals surface area (Å²) in [5, 5.41) is 8.70. The van der Waals surface area contributed by atoms with Gasteiger partial charge in [0.2, 0.25) is 0 Å². The number of hydrogen-bond acceptors (Lipinski definition) is 4. The number of rotatable bonds is 0. The lowest BCUT2D eigenvalue weighted by molar-refractivity contribution is 0.475. The van der Waals surface area contributed by atoms with Crippen molar-refractivity contribution in [2.45, 2.75) is 31.3 Å². The van der Waals surface area contributed by atoms with E-state index in [1.165, 1.54) is 0 Å². The molecule has 0 heterocycles. The summed E-state index contributed by atoms with van der Waals surface area (Å²) >= 11 is 0. The Morgan fingerprint density at radius 3 is 1.73 bits per heavy atom. The summed E-state index contributed by atoms with van der Waals surface area (Å²) in [6.07, 6.45) is 3.28. The fraction of sp³-hybridized carbons (Fsp3) is 0.455. The summed E-state index contributed by atoms with van der Waals surface area (Å²) < 4.78 is 0. The molecular formula is C11H19N3O. The molecule has 0 aromatic heterocycles. The highest BCUT2D eigenvalue weighted by Gasteiger charge is 2.16. The molecule has 0 radical (unpaired) electrons. The second-order valence-electron chi connectivity index (χ2n) is 3.92. The van der Waals surface area contributed by atoms with E-state index in [-0.39, 0.29) is 5.75 Å². The van der Waals surface area contributed by atoms with Gasteiger partial charge in [-0.25, -0.2) is 0 Å². The monoisotopic (exact) mass is 209 g/mol. The minimum Gasteiger partial charge on any atom is -0.508 e. The summed E-state index contributed by atoms with van der Waals surface area (Å²) in [6, 6.07) is 7.19. The van der Waals surface area contributed by atoms with Gasteiger partial charge in [-0.3, -0.25) is 0 Å². The highest BCUT2D eigenvalue weighted by atomic mass is 16.3. The molecule has 7 N–H and O–H groups in total. The summed E-state index contributed by atoms with van der Waals surface area (Å²) in [7, 11) is 0. The number of anilines is 1. The minimum absolute atomic E-state index is 0.249. The van der Waals surface area contributed by atoms with Crippen LogP contribution in [0.1, 0.15) is 19.3 Å². The molecule has 1 aliphatic rings. The predicted molar refractivity (Wildman–Crippen MR) is 62.3 cm³/mol. The largest absolute Gasteiger partial charge is 0.508 e. The maximum Gasteiger partial charge on any atom is 0.115 e. The lowest BCUT2D eigenvalue weighted by Gasteiger charge is -1.97. The van der Waals surface area contributed by atoms with Crippen LogP contribution >= 0.6 is 0 Å². The van der Waals surface area contributed by atoms with Crippen molar-refractivity contribution in [3.8, 4) is 5.75 Å². The molecule has 4 nitrogen and oxygen atoms in total. The van der Waals surface area contributed by atoms with Crippen LogP contribution in [0.5, 0.6) is 5.75 Å². The number of benzene rings is 1. The molecule has 2 atom stereocenters. The first-order chi connectivity index (χ1) is 7.08. The average Bonchev–Trinajstić information content (AvgIpc) is 2.56. The van der Waals surface area contributed by atoms with Gasteiger partial charge >= 0.3 is 0 Å². The Kier molecular flexibility index (Phi) is 4.39. The van der Waals surface area contributed by atoms with E-state index in [1.54, 1.807) is 24.3 Å². The van der Waals surface area contributed by atoms with Gasteiger partial charge in [-0.1, -0.05) is 0 Å². The lowest BCUT2D eigenvalue weighted by atomic mass is 10.2. The van der Waals surface area contributed by atoms with Crippen molar-refractivity contribution in [1.82, 2.24) is 0 Å². The van der Waals surface area contributed by atoms with Crippen LogP contribution in [0.4, 0.5) is 5.69 Å². The maximum atomic E-state index is 8.70. The van der Waals surface area contributed by atoms with E-state index in [9.17, 15) is 0 Å². The van der Waals surface area contributed by atoms with Crippen molar-refractivity contribution >= 4 is 5.69 Å². The number of aromatic hydroxyl groups is 1. The highest BCUT2D eigenvalue weighted by molar-refractivity contribution is 5.40. The molecule has 1 aliphatic carbocycles. The molecule has 1 aromatic carbocycles. The van der Waals surface area contributed by atoms with Gasteiger partial charge in [0.25, 0.3) is 0 Å². The third kappa shape index (κ3) is 4.67. The molecule has 0 spiro atoms. The normalized spacial score (nSPS) is 24.4. The first-order valence-electron chi connectivity index (χ1n) is 5.13. The molecule has 1 saturated carbocycles. The lowest BCUT2D eigenvalue weighted by Crippen LogP contribution is -2.20. The number of nitrogen functional groups attached to an aromatic ring is 1. The Morgan fingerprint density at radius 2 is 1.47 bits per heavy atom. The number of hydrogen-bond donors (Lipinski definition) is 4. The van der Waals surface area contributed by atoms with Crippen molar-refractivity contribution in [3.05, 3.63) is 24.3 Å². The molecule has 0 bridgehead atoms. The van der Waals surface area contributed by atoms with Crippen molar-refractivity contribution in [3.63, 3.8) is 0 Å². The molecule has 0 unspecified atom stereocenters. The van der Waals surface area contributed by atoms with Gasteiger partial charge in [0.05, 0.1) is 0 Å². The van der Waals surface area contributed by atoms with Crippen LogP contribution in [-0.4, -0.2) is 17.2 Å². The molecule has 0 saturated heterocycles. The van der Waals surface area contributed by atoms with E-state index < -0.39 is 0 Å². The maximum absolute atomic E-state index is 8.70. The van der Waals surface area contributed by atoms with Gasteiger partial charge in [0.1, 0.15) is 5.75 Å². The molecule has 15 heavy (non-hydrogen) atoms. The molecule has 4 heteroatoms. The van der Waals surface area contributed by atoms with Crippen LogP contribution in [0.25, 0.3) is 0 Å². The van der Waals surface area contributed by atoms with Gasteiger partial charge in [-0.05, 0) is 43.5 Å². The van der Waals surface area contributed by atoms with Crippen molar-refractivity contribution in [1.29, 1.82) is 0 Å². The molecule has 1 aromatic rings. The van der Waals surface area contributed by atoms with E-state index in [0.29, 0.717) is 17.8 Å². The Balaban J connectivity index is 0.000000151. The van der Waals surface area contributed by atoms with Gasteiger partial charge in [0, 0.05) is 17.8 Å². The molecule has 0 amide bonds. The standard InChI is InChI=1S/C6H7NO.C5H12N2/c7-5-1-3-6(8)4-2-5;6-4-1-2-5(7)3-4/h1-4,8H,7H2;4-5H,1-3,6-7H2/t;4-,5+. The fourth-order valence-corrected chi connectivity index (χ4v) is 1.53. The van der Waals surface area contributed by atoms with Crippen LogP contribution in [0.2, 0.25) is 0 Å². The van der Waals surface area contributed by atoms with Crippen LogP contribution in [0, 0.1) is 0 Å². The van der Waals surface area contributed by atoms with E-state index in [4.69, 9.17) is 22.3 Å². The Bertz CT molecular complexity index is 257. The zero-order valence-corrected chi connectivity index (χ0v) is 8.76. The summed E-state index contributed by atoms with van der Waals surface area (Å²) in [4.78, 5) is 0. The highest BCUT2D eigenvalue weighted by Crippen LogP contribution is 2.14. The summed E-state index contributed by atoms with van der Waals surface area (Å²) in [6.45, 7) is 0. The first-order valence-corrected chi connectivity index (χ1v) is 5.13. The number of phenolic OH excluding ortho intramolecular Hbond substituents is 1. The first kappa shape index (κ1) is 11.8. The van der Waals surface area contributed by atoms with Crippen molar-refractivity contribution in [2.75, 3.05) is 5.73 Å². The van der Waals surface area contributed by atoms with Crippen LogP contribution in [-0.2, 0) is 0 Å². The average molecular weight is 209 g/mol. The molecule has 0 aliphatic heterocycles. The Hall–Kier alpha value is -1.26. The van der Waals surface area contributed by atoms with Crippen LogP contribution < -0.4 is 17.2 Å². The summed E-state index contributed by atoms with van der Waals surface area (Å²) in [5.41, 5.74) is 17.1. The number of nitrogens with two attached hydrogens (primary N) is 3. The summed E-state index contributed by atoms with van der Waals surface area (Å²) in [5.74, 6) is 0.249. The zero-order chi connectivity index (χ0) is 11.3. The molecule has 1 fully saturated rings. The second-order valence-corrected chi connectivity index (χ2v) is 3.92. The topological polar surface area (TPSA) is 98.3 Å². The van der Waals surface area contributed by atoms with E-state index >= 15 is 0 Å². The van der Waals surface area contributed by atoms with Crippen LogP contribution in [0.15, 0.2) is 24.3 Å². The SMILES string of the molecule is N[C@@H]1CC[C@H](N)C1.Nc1ccc(O)cc1. The van der Waals surface area contributed by atoms with E-state index in [2.05, 4.69) is 0 Å². The third-order valence-electron chi connectivity index (χ3n) is 2.41. The molecule has 84 valence electrons. The zero-order valence-electron chi connectivity index (χ0n) is 8.76. The van der Waals surface area contributed by atoms with Crippen LogP contribution in [0.3, 0.4) is 0 Å².